The van der Waals surface area contributed by atoms with Gasteiger partial charge < -0.3 is 20.6 Å². The molecule has 0 aliphatic heterocycles. The highest BCUT2D eigenvalue weighted by atomic mass is 16.5. The van der Waals surface area contributed by atoms with E-state index in [0.29, 0.717) is 18.0 Å². The summed E-state index contributed by atoms with van der Waals surface area (Å²) in [5, 5.41) is 11.6. The molecule has 106 valence electrons. The fourth-order valence-electron chi connectivity index (χ4n) is 1.16. The quantitative estimate of drug-likeness (QED) is 0.351. The summed E-state index contributed by atoms with van der Waals surface area (Å²) in [6, 6.07) is 1.84. The van der Waals surface area contributed by atoms with Gasteiger partial charge in [-0.25, -0.2) is 4.98 Å². The predicted molar refractivity (Wildman–Crippen MR) is 72.5 cm³/mol. The van der Waals surface area contributed by atoms with Crippen LogP contribution in [-0.2, 0) is 0 Å². The molecular weight excluding hydrogens is 246 g/mol. The zero-order valence-corrected chi connectivity index (χ0v) is 12.0. The molecule has 0 radical (unpaired) electrons. The number of rotatable bonds is 5. The summed E-state index contributed by atoms with van der Waals surface area (Å²) >= 11 is 0. The molecule has 0 unspecified atom stereocenters. The smallest absolute Gasteiger partial charge is 0.317 e. The second-order valence-electron chi connectivity index (χ2n) is 5.16. The third kappa shape index (κ3) is 4.06. The van der Waals surface area contributed by atoms with E-state index < -0.39 is 0 Å². The molecule has 0 aromatic carbocycles. The van der Waals surface area contributed by atoms with E-state index in [-0.39, 0.29) is 17.4 Å². The predicted octanol–water partition coefficient (Wildman–Crippen LogP) is 0.599. The Bertz CT molecular complexity index is 471. The van der Waals surface area contributed by atoms with Crippen LogP contribution in [0.5, 0.6) is 6.01 Å². The summed E-state index contributed by atoms with van der Waals surface area (Å²) < 4.78 is 5.59. The van der Waals surface area contributed by atoms with Crippen LogP contribution in [0.15, 0.2) is 11.2 Å². The molecule has 1 aromatic heterocycles. The van der Waals surface area contributed by atoms with Crippen molar-refractivity contribution >= 4 is 5.84 Å². The van der Waals surface area contributed by atoms with Crippen molar-refractivity contribution in [3.8, 4) is 6.01 Å². The van der Waals surface area contributed by atoms with Crippen molar-refractivity contribution in [2.45, 2.75) is 26.3 Å². The van der Waals surface area contributed by atoms with E-state index in [2.05, 4.69) is 15.1 Å². The Morgan fingerprint density at radius 1 is 1.47 bits per heavy atom. The van der Waals surface area contributed by atoms with Crippen LogP contribution in [0.4, 0.5) is 0 Å². The average Bonchev–Trinajstić information content (AvgIpc) is 2.34. The average molecular weight is 267 g/mol. The molecule has 0 fully saturated rings. The first-order valence-corrected chi connectivity index (χ1v) is 5.90. The molecule has 7 heteroatoms. The Morgan fingerprint density at radius 3 is 2.63 bits per heavy atom. The Balaban J connectivity index is 2.88. The van der Waals surface area contributed by atoms with Gasteiger partial charge in [-0.2, -0.15) is 4.98 Å². The first-order valence-electron chi connectivity index (χ1n) is 5.90. The fourth-order valence-corrected chi connectivity index (χ4v) is 1.16. The van der Waals surface area contributed by atoms with E-state index in [1.165, 1.54) is 0 Å². The number of oxime groups is 1. The van der Waals surface area contributed by atoms with E-state index >= 15 is 0 Å². The minimum Gasteiger partial charge on any atom is -0.461 e. The monoisotopic (exact) mass is 267 g/mol. The molecule has 3 N–H and O–H groups in total. The van der Waals surface area contributed by atoms with Gasteiger partial charge in [-0.15, -0.1) is 0 Å². The van der Waals surface area contributed by atoms with Gasteiger partial charge in [-0.3, -0.25) is 0 Å². The van der Waals surface area contributed by atoms with Crippen molar-refractivity contribution in [1.29, 1.82) is 0 Å². The van der Waals surface area contributed by atoms with Gasteiger partial charge in [0.2, 0.25) is 0 Å². The van der Waals surface area contributed by atoms with Gasteiger partial charge in [0.15, 0.2) is 5.84 Å². The molecule has 1 aromatic rings. The second-order valence-corrected chi connectivity index (χ2v) is 5.16. The number of hydrogen-bond donors (Lipinski definition) is 2. The van der Waals surface area contributed by atoms with Gasteiger partial charge >= 0.3 is 6.01 Å². The summed E-state index contributed by atoms with van der Waals surface area (Å²) in [6.07, 6.45) is 0. The van der Waals surface area contributed by atoms with Gasteiger partial charge in [-0.1, -0.05) is 5.16 Å². The van der Waals surface area contributed by atoms with Crippen LogP contribution >= 0.6 is 0 Å². The molecule has 0 saturated carbocycles. The highest BCUT2D eigenvalue weighted by Gasteiger charge is 2.22. The van der Waals surface area contributed by atoms with Crippen molar-refractivity contribution in [1.82, 2.24) is 14.9 Å². The number of aromatic nitrogens is 2. The number of nitrogens with zero attached hydrogens (tertiary/aromatic N) is 4. The molecule has 0 amide bonds. The highest BCUT2D eigenvalue weighted by Crippen LogP contribution is 2.13. The second kappa shape index (κ2) is 5.83. The first kappa shape index (κ1) is 15.2. The van der Waals surface area contributed by atoms with Crippen LogP contribution < -0.4 is 10.5 Å². The normalized spacial score (nSPS) is 12.8. The number of likely N-dealkylation sites (N-methyl/N-ethyl adjacent to an activating group) is 1. The van der Waals surface area contributed by atoms with Crippen molar-refractivity contribution in [3.63, 3.8) is 0 Å². The van der Waals surface area contributed by atoms with E-state index in [9.17, 15) is 0 Å². The van der Waals surface area contributed by atoms with E-state index in [1.807, 2.05) is 32.8 Å². The maximum atomic E-state index is 8.66. The third-order valence-electron chi connectivity index (χ3n) is 2.97. The number of hydrogen-bond acceptors (Lipinski definition) is 6. The topological polar surface area (TPSA) is 96.9 Å². The first-order chi connectivity index (χ1) is 8.76. The van der Waals surface area contributed by atoms with Gasteiger partial charge in [0.25, 0.3) is 0 Å². The summed E-state index contributed by atoms with van der Waals surface area (Å²) in [7, 11) is 3.95. The standard InChI is InChI=1S/C12H21N5O2/c1-8-6-9(10(13)16-18)15-11(14-8)19-7-12(2,3)17(4)5/h6,18H,7H2,1-5H3,(H2,13,16). The molecular formula is C12H21N5O2. The van der Waals surface area contributed by atoms with Crippen molar-refractivity contribution in [2.24, 2.45) is 10.9 Å². The Hall–Kier alpha value is -1.89. The molecule has 1 rings (SSSR count). The van der Waals surface area contributed by atoms with Gasteiger partial charge in [-0.05, 0) is 40.9 Å². The molecule has 0 bridgehead atoms. The summed E-state index contributed by atoms with van der Waals surface area (Å²) in [6.45, 7) is 6.32. The highest BCUT2D eigenvalue weighted by molar-refractivity contribution is 5.95. The van der Waals surface area contributed by atoms with Gasteiger partial charge in [0, 0.05) is 11.2 Å². The molecule has 7 nitrogen and oxygen atoms in total. The van der Waals surface area contributed by atoms with Crippen LogP contribution in [0, 0.1) is 6.92 Å². The van der Waals surface area contributed by atoms with Crippen molar-refractivity contribution in [2.75, 3.05) is 20.7 Å². The lowest BCUT2D eigenvalue weighted by molar-refractivity contribution is 0.107. The molecule has 0 spiro atoms. The number of amidine groups is 1. The van der Waals surface area contributed by atoms with Crippen LogP contribution in [0.25, 0.3) is 0 Å². The van der Waals surface area contributed by atoms with E-state index in [4.69, 9.17) is 15.7 Å². The lowest BCUT2D eigenvalue weighted by Gasteiger charge is -2.31. The Labute approximate surface area is 113 Å². The molecule has 0 aliphatic carbocycles. The molecule has 19 heavy (non-hydrogen) atoms. The molecule has 0 saturated heterocycles. The largest absolute Gasteiger partial charge is 0.461 e. The minimum atomic E-state index is -0.149. The van der Waals surface area contributed by atoms with E-state index in [0.717, 1.165) is 0 Å². The fraction of sp³-hybridized carbons (Fsp3) is 0.583. The van der Waals surface area contributed by atoms with Crippen LogP contribution in [0.3, 0.4) is 0 Å². The minimum absolute atomic E-state index is 0.0674. The van der Waals surface area contributed by atoms with Gasteiger partial charge in [0.1, 0.15) is 12.3 Å². The number of nitrogens with two attached hydrogens (primary N) is 1. The summed E-state index contributed by atoms with van der Waals surface area (Å²) in [5.41, 5.74) is 6.39. The lowest BCUT2D eigenvalue weighted by atomic mass is 10.1. The SMILES string of the molecule is Cc1cc(/C(N)=N/O)nc(OCC(C)(C)N(C)C)n1. The number of ether oxygens (including phenoxy) is 1. The Kier molecular flexibility index (Phi) is 4.66. The van der Waals surface area contributed by atoms with Crippen LogP contribution in [0.2, 0.25) is 0 Å². The molecule has 0 atom stereocenters. The number of aryl methyl sites for hydroxylation is 1. The van der Waals surface area contributed by atoms with Crippen LogP contribution in [0.1, 0.15) is 25.2 Å². The maximum absolute atomic E-state index is 8.66. The zero-order valence-electron chi connectivity index (χ0n) is 12.0. The Morgan fingerprint density at radius 2 is 2.11 bits per heavy atom. The van der Waals surface area contributed by atoms with Crippen LogP contribution in [-0.4, -0.2) is 52.2 Å². The molecule has 1 heterocycles. The summed E-state index contributed by atoms with van der Waals surface area (Å²) in [4.78, 5) is 10.3. The molecule has 0 aliphatic rings. The van der Waals surface area contributed by atoms with Crippen molar-refractivity contribution in [3.05, 3.63) is 17.5 Å². The summed E-state index contributed by atoms with van der Waals surface area (Å²) in [5.74, 6) is -0.0674. The maximum Gasteiger partial charge on any atom is 0.317 e. The lowest BCUT2D eigenvalue weighted by Crippen LogP contribution is -2.43. The van der Waals surface area contributed by atoms with E-state index in [1.54, 1.807) is 13.0 Å². The third-order valence-corrected chi connectivity index (χ3v) is 2.97. The van der Waals surface area contributed by atoms with Gasteiger partial charge in [0.05, 0.1) is 0 Å². The zero-order chi connectivity index (χ0) is 14.6. The van der Waals surface area contributed by atoms with Crippen molar-refractivity contribution < 1.29 is 9.94 Å².